The average Bonchev–Trinajstić information content (AvgIpc) is 2.40. The minimum atomic E-state index is -0.988. The molecule has 5 heteroatoms. The molecule has 0 aliphatic heterocycles. The van der Waals surface area contributed by atoms with Crippen LogP contribution in [-0.2, 0) is 4.79 Å². The Hall–Kier alpha value is -1.49. The van der Waals surface area contributed by atoms with Gasteiger partial charge in [0.2, 0.25) is 0 Å². The van der Waals surface area contributed by atoms with E-state index in [0.29, 0.717) is 24.7 Å². The minimum absolute atomic E-state index is 0.522. The van der Waals surface area contributed by atoms with Crippen molar-refractivity contribution in [3.63, 3.8) is 0 Å². The van der Waals surface area contributed by atoms with Crippen LogP contribution in [-0.4, -0.2) is 24.3 Å². The molecule has 0 aliphatic carbocycles. The molecule has 0 fully saturated rings. The van der Waals surface area contributed by atoms with Crippen molar-refractivity contribution in [3.8, 4) is 11.5 Å². The van der Waals surface area contributed by atoms with E-state index in [1.54, 1.807) is 6.07 Å². The molecule has 110 valence electrons. The van der Waals surface area contributed by atoms with Gasteiger partial charge in [0, 0.05) is 10.5 Å². The second-order valence-corrected chi connectivity index (χ2v) is 4.98. The first kappa shape index (κ1) is 16.6. The quantitative estimate of drug-likeness (QED) is 0.570. The number of rotatable bonds is 8. The van der Waals surface area contributed by atoms with E-state index in [-0.39, 0.29) is 0 Å². The van der Waals surface area contributed by atoms with Crippen LogP contribution in [0.2, 0.25) is 0 Å². The molecule has 0 saturated heterocycles. The lowest BCUT2D eigenvalue weighted by Crippen LogP contribution is -2.01. The molecular formula is C15H19BrO4. The minimum Gasteiger partial charge on any atom is -0.490 e. The summed E-state index contributed by atoms with van der Waals surface area (Å²) in [5, 5.41) is 8.68. The highest BCUT2D eigenvalue weighted by atomic mass is 79.9. The predicted molar refractivity (Wildman–Crippen MR) is 82.4 cm³/mol. The molecule has 0 unspecified atom stereocenters. The van der Waals surface area contributed by atoms with E-state index in [4.69, 9.17) is 14.6 Å². The largest absolute Gasteiger partial charge is 0.490 e. The second-order valence-electron chi connectivity index (χ2n) is 4.13. The highest BCUT2D eigenvalue weighted by Crippen LogP contribution is 2.34. The van der Waals surface area contributed by atoms with Gasteiger partial charge in [-0.05, 0) is 37.1 Å². The van der Waals surface area contributed by atoms with Crippen molar-refractivity contribution in [1.29, 1.82) is 0 Å². The fourth-order valence-corrected chi connectivity index (χ4v) is 2.00. The Labute approximate surface area is 127 Å². The molecule has 0 atom stereocenters. The summed E-state index contributed by atoms with van der Waals surface area (Å²) in [5.41, 5.74) is 0.735. The number of carbonyl (C=O) groups is 1. The summed E-state index contributed by atoms with van der Waals surface area (Å²) < 4.78 is 12.0. The Kier molecular flexibility index (Phi) is 7.15. The lowest BCUT2D eigenvalue weighted by Gasteiger charge is -2.13. The van der Waals surface area contributed by atoms with Crippen LogP contribution in [0.3, 0.4) is 0 Å². The molecule has 20 heavy (non-hydrogen) atoms. The van der Waals surface area contributed by atoms with E-state index in [1.807, 2.05) is 13.0 Å². The van der Waals surface area contributed by atoms with Gasteiger partial charge in [-0.1, -0.05) is 29.3 Å². The van der Waals surface area contributed by atoms with Gasteiger partial charge in [-0.2, -0.15) is 0 Å². The Morgan fingerprint density at radius 3 is 2.60 bits per heavy atom. The highest BCUT2D eigenvalue weighted by molar-refractivity contribution is 9.10. The van der Waals surface area contributed by atoms with Crippen molar-refractivity contribution in [2.24, 2.45) is 0 Å². The number of halogens is 1. The molecule has 0 radical (unpaired) electrons. The molecule has 0 heterocycles. The average molecular weight is 343 g/mol. The van der Waals surface area contributed by atoms with Gasteiger partial charge in [0.15, 0.2) is 11.5 Å². The number of hydrogen-bond donors (Lipinski definition) is 1. The number of carboxylic acids is 1. The molecule has 0 aliphatic rings. The zero-order valence-electron chi connectivity index (χ0n) is 11.7. The number of benzene rings is 1. The van der Waals surface area contributed by atoms with E-state index < -0.39 is 5.97 Å². The van der Waals surface area contributed by atoms with E-state index >= 15 is 0 Å². The zero-order valence-corrected chi connectivity index (χ0v) is 13.3. The van der Waals surface area contributed by atoms with Crippen LogP contribution in [0.25, 0.3) is 6.08 Å². The SMILES string of the molecule is CCCCOc1cc(Br)c(C=CC(=O)O)cc1OCC. The van der Waals surface area contributed by atoms with Gasteiger partial charge in [0.25, 0.3) is 0 Å². The maximum atomic E-state index is 10.6. The lowest BCUT2D eigenvalue weighted by atomic mass is 10.2. The number of aliphatic carboxylic acids is 1. The standard InChI is InChI=1S/C15H19BrO4/c1-3-5-8-20-14-10-12(16)11(6-7-15(17)18)9-13(14)19-4-2/h6-7,9-10H,3-5,8H2,1-2H3,(H,17,18). The van der Waals surface area contributed by atoms with Gasteiger partial charge < -0.3 is 14.6 Å². The summed E-state index contributed by atoms with van der Waals surface area (Å²) in [4.78, 5) is 10.6. The Bertz CT molecular complexity index is 483. The highest BCUT2D eigenvalue weighted by Gasteiger charge is 2.09. The van der Waals surface area contributed by atoms with Crippen LogP contribution in [0, 0.1) is 0 Å². The summed E-state index contributed by atoms with van der Waals surface area (Å²) in [6.07, 6.45) is 4.65. The third kappa shape index (κ3) is 5.25. The molecule has 1 rings (SSSR count). The van der Waals surface area contributed by atoms with E-state index in [0.717, 1.165) is 29.0 Å². The summed E-state index contributed by atoms with van der Waals surface area (Å²) in [5.74, 6) is 0.301. The van der Waals surface area contributed by atoms with Gasteiger partial charge >= 0.3 is 5.97 Å². The van der Waals surface area contributed by atoms with Gasteiger partial charge in [-0.3, -0.25) is 0 Å². The Morgan fingerprint density at radius 2 is 2.00 bits per heavy atom. The third-order valence-corrected chi connectivity index (χ3v) is 3.21. The monoisotopic (exact) mass is 342 g/mol. The third-order valence-electron chi connectivity index (χ3n) is 2.52. The Balaban J connectivity index is 3.00. The van der Waals surface area contributed by atoms with Crippen LogP contribution in [0.15, 0.2) is 22.7 Å². The van der Waals surface area contributed by atoms with Crippen LogP contribution >= 0.6 is 15.9 Å². The number of hydrogen-bond acceptors (Lipinski definition) is 3. The van der Waals surface area contributed by atoms with Gasteiger partial charge in [-0.15, -0.1) is 0 Å². The molecule has 0 saturated carbocycles. The number of ether oxygens (including phenoxy) is 2. The van der Waals surface area contributed by atoms with Crippen molar-refractivity contribution in [3.05, 3.63) is 28.2 Å². The van der Waals surface area contributed by atoms with E-state index in [1.165, 1.54) is 6.08 Å². The maximum absolute atomic E-state index is 10.6. The van der Waals surface area contributed by atoms with Crippen molar-refractivity contribution >= 4 is 28.0 Å². The molecule has 0 amide bonds. The fraction of sp³-hybridized carbons (Fsp3) is 0.400. The van der Waals surface area contributed by atoms with Crippen LogP contribution in [0.5, 0.6) is 11.5 Å². The van der Waals surface area contributed by atoms with Gasteiger partial charge in [0.1, 0.15) is 0 Å². The molecular weight excluding hydrogens is 324 g/mol. The first-order valence-corrected chi connectivity index (χ1v) is 7.37. The molecule has 1 aromatic carbocycles. The first-order chi connectivity index (χ1) is 9.58. The number of carboxylic acid groups (broad SMARTS) is 1. The summed E-state index contributed by atoms with van der Waals surface area (Å²) in [6, 6.07) is 3.58. The zero-order chi connectivity index (χ0) is 15.0. The van der Waals surface area contributed by atoms with E-state index in [9.17, 15) is 4.79 Å². The van der Waals surface area contributed by atoms with E-state index in [2.05, 4.69) is 22.9 Å². The summed E-state index contributed by atoms with van der Waals surface area (Å²) in [6.45, 7) is 5.15. The second kappa shape index (κ2) is 8.64. The van der Waals surface area contributed by atoms with Crippen molar-refractivity contribution < 1.29 is 19.4 Å². The Morgan fingerprint density at radius 1 is 1.30 bits per heavy atom. The number of unbranched alkanes of at least 4 members (excludes halogenated alkanes) is 1. The van der Waals surface area contributed by atoms with Crippen molar-refractivity contribution in [2.45, 2.75) is 26.7 Å². The van der Waals surface area contributed by atoms with Crippen molar-refractivity contribution in [2.75, 3.05) is 13.2 Å². The molecule has 0 spiro atoms. The summed E-state index contributed by atoms with van der Waals surface area (Å²) >= 11 is 3.41. The van der Waals surface area contributed by atoms with Crippen molar-refractivity contribution in [1.82, 2.24) is 0 Å². The van der Waals surface area contributed by atoms with Gasteiger partial charge in [0.05, 0.1) is 13.2 Å². The van der Waals surface area contributed by atoms with Gasteiger partial charge in [-0.25, -0.2) is 4.79 Å². The lowest BCUT2D eigenvalue weighted by molar-refractivity contribution is -0.131. The topological polar surface area (TPSA) is 55.8 Å². The molecule has 4 nitrogen and oxygen atoms in total. The smallest absolute Gasteiger partial charge is 0.328 e. The molecule has 1 aromatic rings. The fourth-order valence-electron chi connectivity index (χ4n) is 1.55. The predicted octanol–water partition coefficient (Wildman–Crippen LogP) is 4.12. The summed E-state index contributed by atoms with van der Waals surface area (Å²) in [7, 11) is 0. The molecule has 0 bridgehead atoms. The van der Waals surface area contributed by atoms with Crippen LogP contribution < -0.4 is 9.47 Å². The first-order valence-electron chi connectivity index (χ1n) is 6.58. The van der Waals surface area contributed by atoms with Crippen LogP contribution in [0.4, 0.5) is 0 Å². The molecule has 0 aromatic heterocycles. The van der Waals surface area contributed by atoms with Crippen LogP contribution in [0.1, 0.15) is 32.3 Å². The maximum Gasteiger partial charge on any atom is 0.328 e. The normalized spacial score (nSPS) is 10.8. The molecule has 1 N–H and O–H groups in total.